The zero-order chi connectivity index (χ0) is 19.6. The summed E-state index contributed by atoms with van der Waals surface area (Å²) in [4.78, 5) is 16.2. The van der Waals surface area contributed by atoms with Crippen LogP contribution >= 0.6 is 0 Å². The van der Waals surface area contributed by atoms with Gasteiger partial charge in [-0.25, -0.2) is 0 Å². The molecule has 0 saturated heterocycles. The second-order valence-electron chi connectivity index (χ2n) is 6.85. The van der Waals surface area contributed by atoms with E-state index in [2.05, 4.69) is 29.2 Å². The van der Waals surface area contributed by atoms with Crippen LogP contribution in [0.5, 0.6) is 5.75 Å². The molecular weight excluding hydrogens is 348 g/mol. The minimum atomic E-state index is 0.293. The Kier molecular flexibility index (Phi) is 7.19. The van der Waals surface area contributed by atoms with E-state index in [1.165, 1.54) is 11.1 Å². The number of ketones is 1. The monoisotopic (exact) mass is 374 g/mol. The first kappa shape index (κ1) is 19.6. The molecule has 0 aliphatic heterocycles. The van der Waals surface area contributed by atoms with Crippen molar-refractivity contribution in [2.75, 3.05) is 12.3 Å². The number of nitrogens with zero attached hydrogens (tertiary/aromatic N) is 1. The van der Waals surface area contributed by atoms with Gasteiger partial charge in [-0.05, 0) is 47.7 Å². The standard InChI is InChI=1S/C24H26N2O2/c25-23-5-1-2-6-24(23)28-17-15-20-9-7-19(8-10-20)11-13-22(27)14-12-21-4-3-16-26-18-21/h1-10,16,18H,11-15,17,25H2. The van der Waals surface area contributed by atoms with Crippen molar-refractivity contribution < 1.29 is 9.53 Å². The number of hydrogen-bond donors (Lipinski definition) is 1. The Bertz CT molecular complexity index is 877. The number of hydrogen-bond acceptors (Lipinski definition) is 4. The molecule has 4 nitrogen and oxygen atoms in total. The van der Waals surface area contributed by atoms with Crippen molar-refractivity contribution in [3.8, 4) is 5.75 Å². The van der Waals surface area contributed by atoms with E-state index in [1.807, 2.05) is 42.6 Å². The lowest BCUT2D eigenvalue weighted by Crippen LogP contribution is -2.04. The molecule has 144 valence electrons. The van der Waals surface area contributed by atoms with E-state index in [0.29, 0.717) is 30.9 Å². The molecule has 0 bridgehead atoms. The number of carbonyl (C=O) groups excluding carboxylic acids is 1. The van der Waals surface area contributed by atoms with Gasteiger partial charge in [-0.3, -0.25) is 9.78 Å². The number of aromatic nitrogens is 1. The smallest absolute Gasteiger partial charge is 0.142 e. The van der Waals surface area contributed by atoms with Crippen molar-refractivity contribution in [1.29, 1.82) is 0 Å². The summed E-state index contributed by atoms with van der Waals surface area (Å²) in [5.74, 6) is 1.02. The highest BCUT2D eigenvalue weighted by Gasteiger charge is 2.05. The van der Waals surface area contributed by atoms with Crippen LogP contribution in [-0.4, -0.2) is 17.4 Å². The SMILES string of the molecule is Nc1ccccc1OCCc1ccc(CCC(=O)CCc2cccnc2)cc1. The Labute approximate surface area is 166 Å². The molecule has 1 heterocycles. The normalized spacial score (nSPS) is 10.6. The molecule has 28 heavy (non-hydrogen) atoms. The first-order valence-corrected chi connectivity index (χ1v) is 9.66. The summed E-state index contributed by atoms with van der Waals surface area (Å²) in [6, 6.07) is 19.8. The van der Waals surface area contributed by atoms with Crippen LogP contribution in [0.2, 0.25) is 0 Å². The number of aryl methyl sites for hydroxylation is 2. The lowest BCUT2D eigenvalue weighted by Gasteiger charge is -2.09. The number of para-hydroxylation sites is 2. The van der Waals surface area contributed by atoms with Crippen LogP contribution in [0.1, 0.15) is 29.5 Å². The number of anilines is 1. The van der Waals surface area contributed by atoms with Crippen molar-refractivity contribution in [2.24, 2.45) is 0 Å². The Morgan fingerprint density at radius 1 is 0.821 bits per heavy atom. The van der Waals surface area contributed by atoms with Crippen molar-refractivity contribution in [3.05, 3.63) is 89.7 Å². The van der Waals surface area contributed by atoms with Gasteiger partial charge in [0.05, 0.1) is 12.3 Å². The predicted molar refractivity (Wildman–Crippen MR) is 112 cm³/mol. The van der Waals surface area contributed by atoms with Gasteiger partial charge in [0, 0.05) is 31.7 Å². The van der Waals surface area contributed by atoms with Crippen LogP contribution in [0.15, 0.2) is 73.1 Å². The fraction of sp³-hybridized carbons (Fsp3) is 0.250. The van der Waals surface area contributed by atoms with Crippen LogP contribution < -0.4 is 10.5 Å². The minimum Gasteiger partial charge on any atom is -0.491 e. The number of ether oxygens (including phenoxy) is 1. The first-order chi connectivity index (χ1) is 13.7. The molecule has 0 fully saturated rings. The van der Waals surface area contributed by atoms with Crippen molar-refractivity contribution in [3.63, 3.8) is 0 Å². The third-order valence-corrected chi connectivity index (χ3v) is 4.70. The van der Waals surface area contributed by atoms with Gasteiger partial charge < -0.3 is 10.5 Å². The van der Waals surface area contributed by atoms with Gasteiger partial charge in [0.25, 0.3) is 0 Å². The number of benzene rings is 2. The highest BCUT2D eigenvalue weighted by molar-refractivity contribution is 5.78. The number of Topliss-reactive ketones (excluding diaryl/α,β-unsaturated/α-hetero) is 1. The molecule has 3 rings (SSSR count). The summed E-state index contributed by atoms with van der Waals surface area (Å²) in [6.07, 6.45) is 7.08. The van der Waals surface area contributed by atoms with Gasteiger partial charge in [0.15, 0.2) is 0 Å². The third kappa shape index (κ3) is 6.23. The second kappa shape index (κ2) is 10.3. The van der Waals surface area contributed by atoms with E-state index < -0.39 is 0 Å². The number of rotatable bonds is 10. The maximum Gasteiger partial charge on any atom is 0.142 e. The van der Waals surface area contributed by atoms with Gasteiger partial charge in [-0.1, -0.05) is 42.5 Å². The van der Waals surface area contributed by atoms with Crippen molar-refractivity contribution >= 4 is 11.5 Å². The largest absolute Gasteiger partial charge is 0.491 e. The van der Waals surface area contributed by atoms with E-state index >= 15 is 0 Å². The van der Waals surface area contributed by atoms with E-state index in [-0.39, 0.29) is 0 Å². The molecule has 1 aromatic heterocycles. The van der Waals surface area contributed by atoms with Gasteiger partial charge in [0.2, 0.25) is 0 Å². The molecule has 0 aliphatic carbocycles. The molecule has 3 aromatic rings. The number of nitrogens with two attached hydrogens (primary N) is 1. The molecular formula is C24H26N2O2. The zero-order valence-corrected chi connectivity index (χ0v) is 16.0. The Morgan fingerprint density at radius 2 is 1.50 bits per heavy atom. The lowest BCUT2D eigenvalue weighted by atomic mass is 10.0. The molecule has 0 amide bonds. The summed E-state index contributed by atoms with van der Waals surface area (Å²) >= 11 is 0. The molecule has 4 heteroatoms. The van der Waals surface area contributed by atoms with Crippen LogP contribution in [0.4, 0.5) is 5.69 Å². The van der Waals surface area contributed by atoms with Gasteiger partial charge in [-0.2, -0.15) is 0 Å². The summed E-state index contributed by atoms with van der Waals surface area (Å²) < 4.78 is 5.74. The summed E-state index contributed by atoms with van der Waals surface area (Å²) in [6.45, 7) is 0.584. The molecule has 0 saturated carbocycles. The average molecular weight is 374 g/mol. The summed E-state index contributed by atoms with van der Waals surface area (Å²) in [7, 11) is 0. The van der Waals surface area contributed by atoms with Gasteiger partial charge >= 0.3 is 0 Å². The second-order valence-corrected chi connectivity index (χ2v) is 6.85. The minimum absolute atomic E-state index is 0.293. The highest BCUT2D eigenvalue weighted by Crippen LogP contribution is 2.20. The van der Waals surface area contributed by atoms with E-state index in [4.69, 9.17) is 10.5 Å². The Balaban J connectivity index is 1.38. The Hall–Kier alpha value is -3.14. The van der Waals surface area contributed by atoms with E-state index in [1.54, 1.807) is 6.20 Å². The first-order valence-electron chi connectivity index (χ1n) is 9.66. The van der Waals surface area contributed by atoms with Crippen LogP contribution in [0.25, 0.3) is 0 Å². The maximum absolute atomic E-state index is 12.1. The molecule has 2 aromatic carbocycles. The van der Waals surface area contributed by atoms with E-state index in [0.717, 1.165) is 30.6 Å². The molecule has 0 aliphatic rings. The predicted octanol–water partition coefficient (Wildman–Crippen LogP) is 4.42. The Morgan fingerprint density at radius 3 is 2.18 bits per heavy atom. The zero-order valence-electron chi connectivity index (χ0n) is 16.0. The summed E-state index contributed by atoms with van der Waals surface area (Å²) in [5.41, 5.74) is 10.0. The fourth-order valence-corrected chi connectivity index (χ4v) is 3.00. The van der Waals surface area contributed by atoms with Crippen LogP contribution in [0.3, 0.4) is 0 Å². The lowest BCUT2D eigenvalue weighted by molar-refractivity contribution is -0.119. The average Bonchev–Trinajstić information content (AvgIpc) is 2.74. The fourth-order valence-electron chi connectivity index (χ4n) is 3.00. The van der Waals surface area contributed by atoms with Crippen molar-refractivity contribution in [2.45, 2.75) is 32.1 Å². The molecule has 0 radical (unpaired) electrons. The van der Waals surface area contributed by atoms with Gasteiger partial charge in [-0.15, -0.1) is 0 Å². The molecule has 0 spiro atoms. The quantitative estimate of drug-likeness (QED) is 0.534. The van der Waals surface area contributed by atoms with Crippen LogP contribution in [0, 0.1) is 0 Å². The molecule has 0 unspecified atom stereocenters. The summed E-state index contributed by atoms with van der Waals surface area (Å²) in [5, 5.41) is 0. The number of pyridine rings is 1. The third-order valence-electron chi connectivity index (χ3n) is 4.70. The number of nitrogen functional groups attached to an aromatic ring is 1. The molecule has 2 N–H and O–H groups in total. The highest BCUT2D eigenvalue weighted by atomic mass is 16.5. The van der Waals surface area contributed by atoms with Gasteiger partial charge in [0.1, 0.15) is 11.5 Å². The maximum atomic E-state index is 12.1. The number of carbonyl (C=O) groups is 1. The van der Waals surface area contributed by atoms with Crippen LogP contribution in [-0.2, 0) is 24.1 Å². The van der Waals surface area contributed by atoms with E-state index in [9.17, 15) is 4.79 Å². The topological polar surface area (TPSA) is 65.2 Å². The molecule has 0 atom stereocenters. The van der Waals surface area contributed by atoms with Crippen molar-refractivity contribution in [1.82, 2.24) is 4.98 Å².